The van der Waals surface area contributed by atoms with E-state index in [9.17, 15) is 9.90 Å². The summed E-state index contributed by atoms with van der Waals surface area (Å²) >= 11 is 13.4. The first-order chi connectivity index (χ1) is 16.8. The van der Waals surface area contributed by atoms with Crippen molar-refractivity contribution in [3.05, 3.63) is 98.0 Å². The molecule has 8 heteroatoms. The van der Waals surface area contributed by atoms with Gasteiger partial charge in [0.15, 0.2) is 0 Å². The predicted molar refractivity (Wildman–Crippen MR) is 146 cm³/mol. The first-order valence-electron chi connectivity index (χ1n) is 11.3. The van der Waals surface area contributed by atoms with Gasteiger partial charge in [0.2, 0.25) is 5.91 Å². The number of pyridine rings is 1. The number of aliphatic hydroxyl groups excluding tert-OH is 1. The van der Waals surface area contributed by atoms with Gasteiger partial charge in [0.05, 0.1) is 17.0 Å². The fourth-order valence-electron chi connectivity index (χ4n) is 4.03. The zero-order valence-electron chi connectivity index (χ0n) is 19.7. The number of fused-ring (bicyclic) bond motifs is 1. The van der Waals surface area contributed by atoms with E-state index in [1.807, 2.05) is 79.5 Å². The van der Waals surface area contributed by atoms with Crippen molar-refractivity contribution >= 4 is 51.3 Å². The quantitative estimate of drug-likeness (QED) is 0.277. The Balaban J connectivity index is 1.43. The van der Waals surface area contributed by atoms with Crippen molar-refractivity contribution < 1.29 is 9.90 Å². The minimum Gasteiger partial charge on any atom is -0.387 e. The first kappa shape index (κ1) is 25.5. The number of carbonyl (C=O) groups excluding carboxylic acids is 1. The van der Waals surface area contributed by atoms with Gasteiger partial charge in [-0.25, -0.2) is 0 Å². The molecule has 2 aromatic heterocycles. The van der Waals surface area contributed by atoms with Crippen molar-refractivity contribution in [1.82, 2.24) is 14.8 Å². The van der Waals surface area contributed by atoms with Crippen LogP contribution in [0.4, 0.5) is 0 Å². The number of likely N-dealkylation sites (N-methyl/N-ethyl adjacent to an activating group) is 1. The number of thiophene rings is 1. The number of aryl methyl sites for hydroxylation is 1. The number of rotatable bonds is 9. The SMILES string of the molecule is CN(Cc1cc2c(=S)c(CC(=O)NCc3ccc(Cl)cc3)cn(C)c2s1)CC(O)c1ccccc1. The lowest BCUT2D eigenvalue weighted by molar-refractivity contribution is -0.120. The molecule has 0 aliphatic heterocycles. The van der Waals surface area contributed by atoms with Gasteiger partial charge in [0, 0.05) is 48.2 Å². The summed E-state index contributed by atoms with van der Waals surface area (Å²) in [4.78, 5) is 16.9. The van der Waals surface area contributed by atoms with E-state index < -0.39 is 6.10 Å². The second-order valence-corrected chi connectivity index (χ2v) is 10.7. The highest BCUT2D eigenvalue weighted by Crippen LogP contribution is 2.29. The van der Waals surface area contributed by atoms with Crippen LogP contribution in [-0.4, -0.2) is 34.1 Å². The molecular formula is C27H28ClN3O2S2. The number of nitrogens with one attached hydrogen (secondary N) is 1. The summed E-state index contributed by atoms with van der Waals surface area (Å²) < 4.78 is 2.76. The third kappa shape index (κ3) is 6.57. The van der Waals surface area contributed by atoms with Gasteiger partial charge in [-0.15, -0.1) is 11.3 Å². The molecule has 0 bridgehead atoms. The van der Waals surface area contributed by atoms with Crippen molar-refractivity contribution in [2.24, 2.45) is 7.05 Å². The Morgan fingerprint density at radius 2 is 1.91 bits per heavy atom. The molecule has 0 spiro atoms. The number of carbonyl (C=O) groups is 1. The molecule has 0 aliphatic rings. The molecular weight excluding hydrogens is 498 g/mol. The minimum absolute atomic E-state index is 0.0736. The zero-order chi connectivity index (χ0) is 24.9. The molecule has 4 aromatic rings. The van der Waals surface area contributed by atoms with Gasteiger partial charge in [-0.3, -0.25) is 9.69 Å². The molecule has 2 N–H and O–H groups in total. The zero-order valence-corrected chi connectivity index (χ0v) is 22.1. The maximum Gasteiger partial charge on any atom is 0.224 e. The molecule has 1 atom stereocenters. The lowest BCUT2D eigenvalue weighted by Gasteiger charge is -2.20. The minimum atomic E-state index is -0.542. The molecule has 5 nitrogen and oxygen atoms in total. The summed E-state index contributed by atoms with van der Waals surface area (Å²) in [5, 5.41) is 15.2. The second kappa shape index (κ2) is 11.5. The largest absolute Gasteiger partial charge is 0.387 e. The number of hydrogen-bond donors (Lipinski definition) is 2. The van der Waals surface area contributed by atoms with Crippen LogP contribution >= 0.6 is 35.2 Å². The van der Waals surface area contributed by atoms with E-state index >= 15 is 0 Å². The average Bonchev–Trinajstić information content (AvgIpc) is 3.27. The first-order valence-corrected chi connectivity index (χ1v) is 12.9. The molecule has 0 fully saturated rings. The van der Waals surface area contributed by atoms with Crippen molar-refractivity contribution in [3.63, 3.8) is 0 Å². The Hall–Kier alpha value is -2.55. The smallest absolute Gasteiger partial charge is 0.224 e. The Bertz CT molecular complexity index is 1370. The lowest BCUT2D eigenvalue weighted by Crippen LogP contribution is -2.24. The number of amides is 1. The van der Waals surface area contributed by atoms with Crippen molar-refractivity contribution in [3.8, 4) is 0 Å². The molecule has 0 saturated carbocycles. The Labute approximate surface area is 219 Å². The van der Waals surface area contributed by atoms with E-state index in [-0.39, 0.29) is 12.3 Å². The maximum absolute atomic E-state index is 12.6. The van der Waals surface area contributed by atoms with Crippen LogP contribution in [0.5, 0.6) is 0 Å². The summed E-state index contributed by atoms with van der Waals surface area (Å²) in [6.45, 7) is 1.68. The Morgan fingerprint density at radius 3 is 2.63 bits per heavy atom. The summed E-state index contributed by atoms with van der Waals surface area (Å²) in [6, 6.07) is 19.2. The van der Waals surface area contributed by atoms with Crippen molar-refractivity contribution in [2.45, 2.75) is 25.6 Å². The Kier molecular flexibility index (Phi) is 8.36. The van der Waals surface area contributed by atoms with Gasteiger partial charge >= 0.3 is 0 Å². The van der Waals surface area contributed by atoms with E-state index in [1.165, 1.54) is 0 Å². The fraction of sp³-hybridized carbons (Fsp3) is 0.259. The number of halogens is 1. The topological polar surface area (TPSA) is 57.5 Å². The maximum atomic E-state index is 12.6. The van der Waals surface area contributed by atoms with E-state index in [2.05, 4.69) is 16.3 Å². The van der Waals surface area contributed by atoms with Crippen LogP contribution in [0.3, 0.4) is 0 Å². The summed E-state index contributed by atoms with van der Waals surface area (Å²) in [6.07, 6.45) is 1.64. The summed E-state index contributed by atoms with van der Waals surface area (Å²) in [5.74, 6) is -0.0736. The van der Waals surface area contributed by atoms with Crippen molar-refractivity contribution in [2.75, 3.05) is 13.6 Å². The Morgan fingerprint density at radius 1 is 1.20 bits per heavy atom. The van der Waals surface area contributed by atoms with Crippen LogP contribution in [-0.2, 0) is 31.4 Å². The van der Waals surface area contributed by atoms with Crippen LogP contribution in [0.1, 0.15) is 27.7 Å². The predicted octanol–water partition coefficient (Wildman–Crippen LogP) is 5.65. The van der Waals surface area contributed by atoms with Crippen LogP contribution in [0.2, 0.25) is 5.02 Å². The standard InChI is InChI=1S/C27H28ClN3O2S2/c1-30(17-24(32)19-6-4-3-5-7-19)16-22-13-23-26(34)20(15-31(2)27(23)35-22)12-25(33)29-14-18-8-10-21(28)11-9-18/h3-11,13,15,24,32H,12,14,16-17H2,1-2H3,(H,29,33). The summed E-state index contributed by atoms with van der Waals surface area (Å²) in [7, 11) is 3.98. The fourth-order valence-corrected chi connectivity index (χ4v) is 5.68. The highest BCUT2D eigenvalue weighted by atomic mass is 35.5. The van der Waals surface area contributed by atoms with Crippen LogP contribution in [0.25, 0.3) is 10.2 Å². The number of aliphatic hydroxyl groups is 1. The van der Waals surface area contributed by atoms with Crippen LogP contribution < -0.4 is 5.32 Å². The van der Waals surface area contributed by atoms with Gasteiger partial charge in [0.25, 0.3) is 0 Å². The monoisotopic (exact) mass is 525 g/mol. The summed E-state index contributed by atoms with van der Waals surface area (Å²) in [5.41, 5.74) is 2.74. The van der Waals surface area contributed by atoms with E-state index in [4.69, 9.17) is 23.8 Å². The normalized spacial score (nSPS) is 12.3. The average molecular weight is 526 g/mol. The van der Waals surface area contributed by atoms with E-state index in [0.29, 0.717) is 29.2 Å². The third-order valence-corrected chi connectivity index (χ3v) is 7.76. The van der Waals surface area contributed by atoms with Gasteiger partial charge in [0.1, 0.15) is 4.83 Å². The molecule has 0 radical (unpaired) electrons. The molecule has 182 valence electrons. The number of nitrogens with zero attached hydrogens (tertiary/aromatic N) is 2. The molecule has 35 heavy (non-hydrogen) atoms. The van der Waals surface area contributed by atoms with Gasteiger partial charge in [-0.05, 0) is 41.9 Å². The van der Waals surface area contributed by atoms with Gasteiger partial charge < -0.3 is 15.0 Å². The van der Waals surface area contributed by atoms with Crippen molar-refractivity contribution in [1.29, 1.82) is 0 Å². The number of aromatic nitrogens is 1. The number of benzene rings is 2. The highest BCUT2D eigenvalue weighted by Gasteiger charge is 2.15. The molecule has 4 rings (SSSR count). The second-order valence-electron chi connectivity index (χ2n) is 8.73. The molecule has 2 heterocycles. The highest BCUT2D eigenvalue weighted by molar-refractivity contribution is 7.71. The molecule has 2 aromatic carbocycles. The van der Waals surface area contributed by atoms with Gasteiger partial charge in [-0.1, -0.05) is 66.3 Å². The van der Waals surface area contributed by atoms with Crippen LogP contribution in [0, 0.1) is 4.51 Å². The molecule has 1 unspecified atom stereocenters. The van der Waals surface area contributed by atoms with E-state index in [0.717, 1.165) is 31.8 Å². The van der Waals surface area contributed by atoms with E-state index in [1.54, 1.807) is 11.3 Å². The molecule has 1 amide bonds. The third-order valence-electron chi connectivity index (χ3n) is 5.82. The number of hydrogen-bond acceptors (Lipinski definition) is 5. The van der Waals surface area contributed by atoms with Gasteiger partial charge in [-0.2, -0.15) is 0 Å². The lowest BCUT2D eigenvalue weighted by atomic mass is 10.1. The molecule has 0 aliphatic carbocycles. The molecule has 0 saturated heterocycles. The van der Waals surface area contributed by atoms with Crippen LogP contribution in [0.15, 0.2) is 66.9 Å².